The van der Waals surface area contributed by atoms with Crippen LogP contribution in [0.4, 0.5) is 0 Å². The van der Waals surface area contributed by atoms with E-state index in [4.69, 9.17) is 22.2 Å². The van der Waals surface area contributed by atoms with E-state index in [0.29, 0.717) is 22.7 Å². The minimum Gasteiger partial charge on any atom is -0.478 e. The quantitative estimate of drug-likeness (QED) is 0.416. The number of azide groups is 1. The lowest BCUT2D eigenvalue weighted by molar-refractivity contribution is 0.0696. The first-order chi connectivity index (χ1) is 12.1. The summed E-state index contributed by atoms with van der Waals surface area (Å²) in [6.45, 7) is 0.165. The molecule has 0 saturated heterocycles. The molecule has 2 aromatic heterocycles. The Morgan fingerprint density at radius 1 is 1.28 bits per heavy atom. The van der Waals surface area contributed by atoms with Gasteiger partial charge < -0.3 is 5.11 Å². The minimum absolute atomic E-state index is 0.165. The maximum atomic E-state index is 11.1. The van der Waals surface area contributed by atoms with E-state index < -0.39 is 5.97 Å². The summed E-state index contributed by atoms with van der Waals surface area (Å²) in [7, 11) is 0. The van der Waals surface area contributed by atoms with Crippen LogP contribution in [-0.2, 0) is 13.0 Å². The zero-order valence-electron chi connectivity index (χ0n) is 12.9. The van der Waals surface area contributed by atoms with Gasteiger partial charge in [0.2, 0.25) is 0 Å². The highest BCUT2D eigenvalue weighted by atomic mass is 35.5. The monoisotopic (exact) mass is 353 g/mol. The topological polar surface area (TPSA) is 112 Å². The Hall–Kier alpha value is -3.15. The van der Waals surface area contributed by atoms with Gasteiger partial charge in [-0.3, -0.25) is 9.97 Å². The normalized spacial score (nSPS) is 10.4. The van der Waals surface area contributed by atoms with Crippen molar-refractivity contribution in [3.8, 4) is 0 Å². The lowest BCUT2D eigenvalue weighted by Crippen LogP contribution is -2.00. The number of carboxylic acid groups (broad SMARTS) is 1. The number of pyridine rings is 2. The first-order valence-corrected chi connectivity index (χ1v) is 7.71. The maximum absolute atomic E-state index is 11.1. The SMILES string of the molecule is [N-]=[N+]=NCc1cc(Cc2cc(C(=O)O)ccn2)cc2cc(Cl)cnc12. The van der Waals surface area contributed by atoms with E-state index in [-0.39, 0.29) is 12.1 Å². The summed E-state index contributed by atoms with van der Waals surface area (Å²) in [5.41, 5.74) is 11.8. The van der Waals surface area contributed by atoms with Crippen LogP contribution in [-0.4, -0.2) is 21.0 Å². The third-order valence-electron chi connectivity index (χ3n) is 3.64. The first-order valence-electron chi connectivity index (χ1n) is 7.33. The van der Waals surface area contributed by atoms with E-state index in [0.717, 1.165) is 16.5 Å². The predicted molar refractivity (Wildman–Crippen MR) is 93.6 cm³/mol. The van der Waals surface area contributed by atoms with Gasteiger partial charge in [0.25, 0.3) is 0 Å². The molecule has 0 unspecified atom stereocenters. The number of carboxylic acids is 1. The fraction of sp³-hybridized carbons (Fsp3) is 0.118. The number of hydrogen-bond acceptors (Lipinski definition) is 4. The van der Waals surface area contributed by atoms with E-state index in [1.807, 2.05) is 12.1 Å². The van der Waals surface area contributed by atoms with Crippen molar-refractivity contribution in [1.82, 2.24) is 9.97 Å². The molecule has 0 aliphatic heterocycles. The minimum atomic E-state index is -0.998. The number of aromatic carboxylic acids is 1. The second-order valence-electron chi connectivity index (χ2n) is 5.39. The van der Waals surface area contributed by atoms with E-state index >= 15 is 0 Å². The van der Waals surface area contributed by atoms with E-state index in [2.05, 4.69) is 20.0 Å². The van der Waals surface area contributed by atoms with Gasteiger partial charge in [-0.05, 0) is 40.9 Å². The highest BCUT2D eigenvalue weighted by Gasteiger charge is 2.09. The Morgan fingerprint density at radius 2 is 2.12 bits per heavy atom. The highest BCUT2D eigenvalue weighted by Crippen LogP contribution is 2.24. The fourth-order valence-electron chi connectivity index (χ4n) is 2.61. The Balaban J connectivity index is 2.05. The van der Waals surface area contributed by atoms with Crippen molar-refractivity contribution in [2.45, 2.75) is 13.0 Å². The van der Waals surface area contributed by atoms with Crippen LogP contribution in [0, 0.1) is 0 Å². The molecule has 0 bridgehead atoms. The van der Waals surface area contributed by atoms with Crippen LogP contribution in [0.25, 0.3) is 21.3 Å². The molecule has 0 amide bonds. The van der Waals surface area contributed by atoms with E-state index in [9.17, 15) is 4.79 Å². The van der Waals surface area contributed by atoms with Gasteiger partial charge in [-0.25, -0.2) is 4.79 Å². The number of halogens is 1. The summed E-state index contributed by atoms with van der Waals surface area (Å²) in [4.78, 5) is 22.4. The Morgan fingerprint density at radius 3 is 2.88 bits per heavy atom. The molecular formula is C17H12ClN5O2. The van der Waals surface area contributed by atoms with Crippen molar-refractivity contribution >= 4 is 28.5 Å². The molecule has 0 radical (unpaired) electrons. The number of aromatic nitrogens is 2. The average Bonchev–Trinajstić information content (AvgIpc) is 2.59. The third-order valence-corrected chi connectivity index (χ3v) is 3.85. The summed E-state index contributed by atoms with van der Waals surface area (Å²) in [5, 5.41) is 14.0. The molecule has 0 spiro atoms. The van der Waals surface area contributed by atoms with Crippen LogP contribution < -0.4 is 0 Å². The molecule has 0 atom stereocenters. The number of fused-ring (bicyclic) bond motifs is 1. The van der Waals surface area contributed by atoms with Crippen molar-refractivity contribution < 1.29 is 9.90 Å². The molecule has 0 aliphatic carbocycles. The van der Waals surface area contributed by atoms with Crippen LogP contribution in [0.2, 0.25) is 5.02 Å². The largest absolute Gasteiger partial charge is 0.478 e. The number of nitrogens with zero attached hydrogens (tertiary/aromatic N) is 5. The molecule has 124 valence electrons. The van der Waals surface area contributed by atoms with Gasteiger partial charge in [0.15, 0.2) is 0 Å². The van der Waals surface area contributed by atoms with Gasteiger partial charge in [0, 0.05) is 34.8 Å². The van der Waals surface area contributed by atoms with Crippen LogP contribution in [0.1, 0.15) is 27.2 Å². The van der Waals surface area contributed by atoms with Crippen molar-refractivity contribution in [2.75, 3.05) is 0 Å². The van der Waals surface area contributed by atoms with Crippen LogP contribution in [0.15, 0.2) is 47.8 Å². The second-order valence-corrected chi connectivity index (χ2v) is 5.82. The van der Waals surface area contributed by atoms with Gasteiger partial charge in [0.05, 0.1) is 22.6 Å². The molecule has 8 heteroatoms. The Kier molecular flexibility index (Phi) is 4.79. The van der Waals surface area contributed by atoms with Gasteiger partial charge in [-0.1, -0.05) is 22.8 Å². The number of rotatable bonds is 5. The van der Waals surface area contributed by atoms with Crippen LogP contribution in [0.5, 0.6) is 0 Å². The van der Waals surface area contributed by atoms with Crippen molar-refractivity contribution in [3.05, 3.63) is 80.6 Å². The Bertz CT molecular complexity index is 1020. The molecule has 0 saturated carbocycles. The third kappa shape index (κ3) is 3.85. The van der Waals surface area contributed by atoms with Crippen molar-refractivity contribution in [3.63, 3.8) is 0 Å². The lowest BCUT2D eigenvalue weighted by atomic mass is 10.0. The molecule has 0 fully saturated rings. The standard InChI is InChI=1S/C17H12ClN5O2/c18-14-6-12-3-10(4-13(8-22-23-19)16(12)21-9-14)5-15-7-11(17(24)25)1-2-20-15/h1-4,6-7,9H,5,8H2,(H,24,25). The summed E-state index contributed by atoms with van der Waals surface area (Å²) < 4.78 is 0. The average molecular weight is 354 g/mol. The van der Waals surface area contributed by atoms with Gasteiger partial charge in [-0.2, -0.15) is 0 Å². The summed E-state index contributed by atoms with van der Waals surface area (Å²) in [6, 6.07) is 8.57. The summed E-state index contributed by atoms with van der Waals surface area (Å²) in [6.07, 6.45) is 3.45. The van der Waals surface area contributed by atoms with Crippen molar-refractivity contribution in [1.29, 1.82) is 0 Å². The maximum Gasteiger partial charge on any atom is 0.335 e. The lowest BCUT2D eigenvalue weighted by Gasteiger charge is -2.09. The van der Waals surface area contributed by atoms with Crippen molar-refractivity contribution in [2.24, 2.45) is 5.11 Å². The van der Waals surface area contributed by atoms with Crippen LogP contribution in [0.3, 0.4) is 0 Å². The van der Waals surface area contributed by atoms with E-state index in [1.54, 1.807) is 12.3 Å². The summed E-state index contributed by atoms with van der Waals surface area (Å²) in [5.74, 6) is -0.998. The molecule has 2 heterocycles. The molecule has 25 heavy (non-hydrogen) atoms. The zero-order chi connectivity index (χ0) is 17.8. The molecule has 1 aromatic carbocycles. The Labute approximate surface area is 147 Å². The molecule has 1 N–H and O–H groups in total. The zero-order valence-corrected chi connectivity index (χ0v) is 13.7. The van der Waals surface area contributed by atoms with E-state index in [1.165, 1.54) is 18.3 Å². The first kappa shape index (κ1) is 16.7. The molecular weight excluding hydrogens is 342 g/mol. The number of carbonyl (C=O) groups is 1. The highest BCUT2D eigenvalue weighted by molar-refractivity contribution is 6.31. The molecule has 7 nitrogen and oxygen atoms in total. The van der Waals surface area contributed by atoms with Gasteiger partial charge >= 0.3 is 5.97 Å². The van der Waals surface area contributed by atoms with Gasteiger partial charge in [-0.15, -0.1) is 0 Å². The molecule has 3 aromatic rings. The molecule has 3 rings (SSSR count). The molecule has 0 aliphatic rings. The van der Waals surface area contributed by atoms with Crippen LogP contribution >= 0.6 is 11.6 Å². The number of hydrogen-bond donors (Lipinski definition) is 1. The summed E-state index contributed by atoms with van der Waals surface area (Å²) >= 11 is 6.02. The second kappa shape index (κ2) is 7.17. The smallest absolute Gasteiger partial charge is 0.335 e. The fourth-order valence-corrected chi connectivity index (χ4v) is 2.78. The number of benzene rings is 1. The van der Waals surface area contributed by atoms with Gasteiger partial charge in [0.1, 0.15) is 0 Å². The predicted octanol–water partition coefficient (Wildman–Crippen LogP) is 4.38.